The Morgan fingerprint density at radius 2 is 1.85 bits per heavy atom. The fourth-order valence-corrected chi connectivity index (χ4v) is 2.08. The average Bonchev–Trinajstić information content (AvgIpc) is 2.42. The van der Waals surface area contributed by atoms with Gasteiger partial charge in [0.25, 0.3) is 0 Å². The van der Waals surface area contributed by atoms with E-state index in [0.717, 1.165) is 25.7 Å². The van der Waals surface area contributed by atoms with Gasteiger partial charge in [0, 0.05) is 19.1 Å². The number of hydrogen-bond donors (Lipinski definition) is 1. The normalized spacial score (nSPS) is 13.8. The molecule has 0 saturated carbocycles. The lowest BCUT2D eigenvalue weighted by Gasteiger charge is -2.23. The molecule has 5 heteroatoms. The molecule has 0 radical (unpaired) electrons. The first-order valence-electron chi connectivity index (χ1n) is 6.98. The predicted octanol–water partition coefficient (Wildman–Crippen LogP) is 3.53. The molecule has 0 amide bonds. The van der Waals surface area contributed by atoms with E-state index in [1.54, 1.807) is 6.07 Å². The van der Waals surface area contributed by atoms with Gasteiger partial charge in [0.15, 0.2) is 0 Å². The van der Waals surface area contributed by atoms with Crippen molar-refractivity contribution in [2.24, 2.45) is 0 Å². The van der Waals surface area contributed by atoms with Crippen molar-refractivity contribution >= 4 is 0 Å². The van der Waals surface area contributed by atoms with Gasteiger partial charge in [-0.05, 0) is 31.6 Å². The number of benzene rings is 1. The largest absolute Gasteiger partial charge is 0.416 e. The molecule has 0 fully saturated rings. The molecular formula is C15H23F3N2. The minimum absolute atomic E-state index is 0.240. The molecule has 2 nitrogen and oxygen atoms in total. The summed E-state index contributed by atoms with van der Waals surface area (Å²) in [5.74, 6) is 0. The van der Waals surface area contributed by atoms with Crippen LogP contribution in [0.3, 0.4) is 0 Å². The summed E-state index contributed by atoms with van der Waals surface area (Å²) in [4.78, 5) is 2.28. The molecular weight excluding hydrogens is 265 g/mol. The first-order valence-corrected chi connectivity index (χ1v) is 6.98. The zero-order chi connectivity index (χ0) is 15.2. The van der Waals surface area contributed by atoms with Gasteiger partial charge in [0.05, 0.1) is 5.56 Å². The quantitative estimate of drug-likeness (QED) is 0.826. The fourth-order valence-electron chi connectivity index (χ4n) is 2.08. The zero-order valence-electron chi connectivity index (χ0n) is 12.3. The third-order valence-electron chi connectivity index (χ3n) is 3.34. The van der Waals surface area contributed by atoms with Crippen LogP contribution < -0.4 is 5.32 Å². The standard InChI is InChI=1S/C15H23F3N2/c1-4-20(5-2)11-12(3)19-10-13-7-6-8-14(9-13)15(16,17)18/h6-9,12,19H,4-5,10-11H2,1-3H3. The van der Waals surface area contributed by atoms with Crippen LogP contribution in [0, 0.1) is 0 Å². The smallest absolute Gasteiger partial charge is 0.309 e. The van der Waals surface area contributed by atoms with Crippen LogP contribution in [0.4, 0.5) is 13.2 Å². The molecule has 0 aliphatic carbocycles. The van der Waals surface area contributed by atoms with Crippen molar-refractivity contribution in [3.8, 4) is 0 Å². The number of alkyl halides is 3. The predicted molar refractivity (Wildman–Crippen MR) is 75.5 cm³/mol. The average molecular weight is 288 g/mol. The number of nitrogens with zero attached hydrogens (tertiary/aromatic N) is 1. The van der Waals surface area contributed by atoms with Gasteiger partial charge in [0.2, 0.25) is 0 Å². The fraction of sp³-hybridized carbons (Fsp3) is 0.600. The lowest BCUT2D eigenvalue weighted by atomic mass is 10.1. The Hall–Kier alpha value is -1.07. The van der Waals surface area contributed by atoms with E-state index in [4.69, 9.17) is 0 Å². The minimum atomic E-state index is -4.27. The van der Waals surface area contributed by atoms with Gasteiger partial charge >= 0.3 is 6.18 Å². The van der Waals surface area contributed by atoms with Crippen LogP contribution in [0.15, 0.2) is 24.3 Å². The highest BCUT2D eigenvalue weighted by Gasteiger charge is 2.30. The molecule has 0 aliphatic rings. The number of likely N-dealkylation sites (N-methyl/N-ethyl adjacent to an activating group) is 1. The lowest BCUT2D eigenvalue weighted by Crippen LogP contribution is -2.38. The van der Waals surface area contributed by atoms with E-state index in [0.29, 0.717) is 12.1 Å². The maximum Gasteiger partial charge on any atom is 0.416 e. The minimum Gasteiger partial charge on any atom is -0.309 e. The highest BCUT2D eigenvalue weighted by molar-refractivity contribution is 5.25. The van der Waals surface area contributed by atoms with Crippen LogP contribution in [0.2, 0.25) is 0 Å². The van der Waals surface area contributed by atoms with Crippen molar-refractivity contribution in [3.05, 3.63) is 35.4 Å². The molecule has 1 aromatic carbocycles. The van der Waals surface area contributed by atoms with Crippen molar-refractivity contribution < 1.29 is 13.2 Å². The molecule has 1 rings (SSSR count). The highest BCUT2D eigenvalue weighted by atomic mass is 19.4. The highest BCUT2D eigenvalue weighted by Crippen LogP contribution is 2.29. The second kappa shape index (κ2) is 7.64. The van der Waals surface area contributed by atoms with Gasteiger partial charge in [-0.25, -0.2) is 0 Å². The van der Waals surface area contributed by atoms with Crippen LogP contribution >= 0.6 is 0 Å². The molecule has 1 atom stereocenters. The van der Waals surface area contributed by atoms with E-state index < -0.39 is 11.7 Å². The van der Waals surface area contributed by atoms with Gasteiger partial charge in [-0.1, -0.05) is 32.0 Å². The third-order valence-corrected chi connectivity index (χ3v) is 3.34. The number of nitrogens with one attached hydrogen (secondary N) is 1. The van der Waals surface area contributed by atoms with Crippen LogP contribution in [0.25, 0.3) is 0 Å². The van der Waals surface area contributed by atoms with Gasteiger partial charge in [-0.3, -0.25) is 0 Å². The summed E-state index contributed by atoms with van der Waals surface area (Å²) in [7, 11) is 0. The number of halogens is 3. The maximum absolute atomic E-state index is 12.6. The Bertz CT molecular complexity index is 400. The number of hydrogen-bond acceptors (Lipinski definition) is 2. The Morgan fingerprint density at radius 1 is 1.20 bits per heavy atom. The van der Waals surface area contributed by atoms with Crippen molar-refractivity contribution in [1.82, 2.24) is 10.2 Å². The van der Waals surface area contributed by atoms with Crippen LogP contribution in [0.5, 0.6) is 0 Å². The molecule has 0 bridgehead atoms. The van der Waals surface area contributed by atoms with Crippen molar-refractivity contribution in [2.45, 2.75) is 39.5 Å². The Morgan fingerprint density at radius 3 is 2.40 bits per heavy atom. The first kappa shape index (κ1) is 17.0. The van der Waals surface area contributed by atoms with E-state index in [2.05, 4.69) is 24.1 Å². The van der Waals surface area contributed by atoms with E-state index >= 15 is 0 Å². The summed E-state index contributed by atoms with van der Waals surface area (Å²) in [6, 6.07) is 5.71. The molecule has 0 spiro atoms. The van der Waals surface area contributed by atoms with Crippen molar-refractivity contribution in [3.63, 3.8) is 0 Å². The number of rotatable bonds is 7. The molecule has 0 heterocycles. The molecule has 1 aromatic rings. The Kier molecular flexibility index (Phi) is 6.49. The van der Waals surface area contributed by atoms with Gasteiger partial charge < -0.3 is 10.2 Å². The molecule has 0 aromatic heterocycles. The molecule has 0 aliphatic heterocycles. The maximum atomic E-state index is 12.6. The van der Waals surface area contributed by atoms with Crippen LogP contribution in [-0.4, -0.2) is 30.6 Å². The van der Waals surface area contributed by atoms with E-state index in [-0.39, 0.29) is 6.04 Å². The van der Waals surface area contributed by atoms with E-state index in [1.165, 1.54) is 12.1 Å². The second-order valence-corrected chi connectivity index (χ2v) is 4.97. The molecule has 114 valence electrons. The first-order chi connectivity index (χ1) is 9.36. The summed E-state index contributed by atoms with van der Waals surface area (Å²) < 4.78 is 37.8. The van der Waals surface area contributed by atoms with Gasteiger partial charge in [0.1, 0.15) is 0 Å². The zero-order valence-corrected chi connectivity index (χ0v) is 12.3. The topological polar surface area (TPSA) is 15.3 Å². The monoisotopic (exact) mass is 288 g/mol. The summed E-state index contributed by atoms with van der Waals surface area (Å²) in [5.41, 5.74) is 0.0689. The third kappa shape index (κ3) is 5.51. The molecule has 0 saturated heterocycles. The Balaban J connectivity index is 2.53. The summed E-state index contributed by atoms with van der Waals surface area (Å²) in [5, 5.41) is 3.27. The van der Waals surface area contributed by atoms with Gasteiger partial charge in [-0.15, -0.1) is 0 Å². The molecule has 1 unspecified atom stereocenters. The van der Waals surface area contributed by atoms with Crippen LogP contribution in [-0.2, 0) is 12.7 Å². The Labute approximate surface area is 119 Å². The molecule has 20 heavy (non-hydrogen) atoms. The summed E-state index contributed by atoms with van der Waals surface area (Å²) >= 11 is 0. The summed E-state index contributed by atoms with van der Waals surface area (Å²) in [6.07, 6.45) is -4.27. The summed E-state index contributed by atoms with van der Waals surface area (Å²) in [6.45, 7) is 9.55. The van der Waals surface area contributed by atoms with Crippen molar-refractivity contribution in [2.75, 3.05) is 19.6 Å². The SMILES string of the molecule is CCN(CC)CC(C)NCc1cccc(C(F)(F)F)c1. The van der Waals surface area contributed by atoms with Crippen LogP contribution in [0.1, 0.15) is 31.9 Å². The second-order valence-electron chi connectivity index (χ2n) is 4.97. The molecule has 1 N–H and O–H groups in total. The van der Waals surface area contributed by atoms with Crippen molar-refractivity contribution in [1.29, 1.82) is 0 Å². The lowest BCUT2D eigenvalue weighted by molar-refractivity contribution is -0.137. The van der Waals surface area contributed by atoms with E-state index in [1.807, 2.05) is 6.92 Å². The van der Waals surface area contributed by atoms with Gasteiger partial charge in [-0.2, -0.15) is 13.2 Å². The van der Waals surface area contributed by atoms with E-state index in [9.17, 15) is 13.2 Å².